The third-order valence-corrected chi connectivity index (χ3v) is 5.00. The fourth-order valence-electron chi connectivity index (χ4n) is 3.37. The van der Waals surface area contributed by atoms with Crippen LogP contribution in [-0.2, 0) is 14.4 Å². The smallest absolute Gasteiger partial charge is 0.430 e. The molecule has 1 fully saturated rings. The molecule has 0 unspecified atom stereocenters. The van der Waals surface area contributed by atoms with Gasteiger partial charge in [0.15, 0.2) is 0 Å². The summed E-state index contributed by atoms with van der Waals surface area (Å²) >= 11 is 5.93. The third-order valence-electron chi connectivity index (χ3n) is 4.78. The molecule has 0 aliphatic carbocycles. The van der Waals surface area contributed by atoms with Crippen LogP contribution in [-0.4, -0.2) is 59.3 Å². The van der Waals surface area contributed by atoms with E-state index >= 15 is 0 Å². The van der Waals surface area contributed by atoms with Crippen molar-refractivity contribution in [3.63, 3.8) is 0 Å². The van der Waals surface area contributed by atoms with E-state index in [1.807, 2.05) is 0 Å². The van der Waals surface area contributed by atoms with Crippen LogP contribution in [0.3, 0.4) is 0 Å². The standard InChI is InChI=1S/C18H19ClF3N3O6/c1-10-5-12(19)6-11-7-14(16(18(20,21)22)31-15(10)11)17(27)29-9-30-23-25(28)24-4-2-3-13(24)8-26/h5-7,13,16,26H,2-4,8-9H2,1H3/b25-23-/t13-,16-/m0/s1. The van der Waals surface area contributed by atoms with E-state index in [-0.39, 0.29) is 27.9 Å². The number of aliphatic hydroxyl groups excluding tert-OH is 1. The highest BCUT2D eigenvalue weighted by Crippen LogP contribution is 2.40. The number of halogens is 4. The van der Waals surface area contributed by atoms with Crippen LogP contribution in [0.4, 0.5) is 13.2 Å². The molecule has 2 heterocycles. The molecule has 0 spiro atoms. The molecule has 1 saturated heterocycles. The van der Waals surface area contributed by atoms with Gasteiger partial charge in [-0.3, -0.25) is 0 Å². The molecule has 0 aromatic heterocycles. The second-order valence-corrected chi connectivity index (χ2v) is 7.37. The first-order chi connectivity index (χ1) is 14.6. The van der Waals surface area contributed by atoms with Gasteiger partial charge in [-0.25, -0.2) is 4.79 Å². The lowest BCUT2D eigenvalue weighted by Crippen LogP contribution is -2.41. The highest BCUT2D eigenvalue weighted by Gasteiger charge is 2.49. The van der Waals surface area contributed by atoms with Crippen LogP contribution in [0, 0.1) is 12.1 Å². The van der Waals surface area contributed by atoms with Crippen molar-refractivity contribution < 1.29 is 42.4 Å². The number of nitrogens with zero attached hydrogens (tertiary/aromatic N) is 3. The molecule has 2 atom stereocenters. The van der Waals surface area contributed by atoms with Crippen LogP contribution < -0.4 is 4.74 Å². The maximum atomic E-state index is 13.5. The number of hydrazine groups is 1. The Balaban J connectivity index is 1.70. The zero-order chi connectivity index (χ0) is 22.8. The summed E-state index contributed by atoms with van der Waals surface area (Å²) in [5.74, 6) is -1.40. The van der Waals surface area contributed by atoms with E-state index in [0.29, 0.717) is 24.9 Å². The minimum absolute atomic E-state index is 0.0411. The molecule has 1 aromatic carbocycles. The highest BCUT2D eigenvalue weighted by atomic mass is 35.5. The molecular weight excluding hydrogens is 447 g/mol. The van der Waals surface area contributed by atoms with E-state index < -0.39 is 36.7 Å². The Hall–Kier alpha value is -2.73. The van der Waals surface area contributed by atoms with Gasteiger partial charge in [0.25, 0.3) is 6.79 Å². The van der Waals surface area contributed by atoms with Gasteiger partial charge in [0.1, 0.15) is 11.8 Å². The number of carbonyl (C=O) groups is 1. The van der Waals surface area contributed by atoms with Crippen molar-refractivity contribution in [1.29, 1.82) is 0 Å². The first kappa shape index (κ1) is 22.9. The maximum absolute atomic E-state index is 13.5. The van der Waals surface area contributed by atoms with Gasteiger partial charge in [0, 0.05) is 10.6 Å². The average molecular weight is 466 g/mol. The summed E-state index contributed by atoms with van der Waals surface area (Å²) < 4.78 is 50.1. The van der Waals surface area contributed by atoms with Crippen LogP contribution in [0.2, 0.25) is 5.02 Å². The second kappa shape index (κ2) is 9.18. The van der Waals surface area contributed by atoms with Crippen molar-refractivity contribution in [2.75, 3.05) is 19.9 Å². The summed E-state index contributed by atoms with van der Waals surface area (Å²) in [6, 6.07) is 2.38. The minimum Gasteiger partial charge on any atom is -0.569 e. The number of alkyl halides is 3. The number of benzene rings is 1. The Morgan fingerprint density at radius 3 is 2.90 bits per heavy atom. The van der Waals surface area contributed by atoms with E-state index in [1.54, 1.807) is 0 Å². The van der Waals surface area contributed by atoms with Gasteiger partial charge in [-0.2, -0.15) is 13.2 Å². The highest BCUT2D eigenvalue weighted by molar-refractivity contribution is 6.30. The first-order valence-electron chi connectivity index (χ1n) is 9.21. The van der Waals surface area contributed by atoms with Gasteiger partial charge in [-0.1, -0.05) is 11.6 Å². The number of esters is 1. The number of fused-ring (bicyclic) bond motifs is 1. The van der Waals surface area contributed by atoms with Crippen molar-refractivity contribution in [2.45, 2.75) is 38.1 Å². The summed E-state index contributed by atoms with van der Waals surface area (Å²) in [6.45, 7) is 0.723. The normalized spacial score (nSPS) is 21.3. The zero-order valence-electron chi connectivity index (χ0n) is 16.3. The van der Waals surface area contributed by atoms with Crippen molar-refractivity contribution in [1.82, 2.24) is 5.01 Å². The summed E-state index contributed by atoms with van der Waals surface area (Å²) in [4.78, 5) is 17.0. The largest absolute Gasteiger partial charge is 0.569 e. The fourth-order valence-corrected chi connectivity index (χ4v) is 3.65. The molecule has 13 heteroatoms. The monoisotopic (exact) mass is 465 g/mol. The van der Waals surface area contributed by atoms with Gasteiger partial charge in [0.05, 0.1) is 23.7 Å². The second-order valence-electron chi connectivity index (χ2n) is 6.94. The molecule has 2 aliphatic heterocycles. The van der Waals surface area contributed by atoms with Crippen molar-refractivity contribution >= 4 is 23.6 Å². The van der Waals surface area contributed by atoms with E-state index in [9.17, 15) is 28.3 Å². The van der Waals surface area contributed by atoms with Crippen LogP contribution in [0.1, 0.15) is 24.0 Å². The fraction of sp³-hybridized carbons (Fsp3) is 0.500. The predicted octanol–water partition coefficient (Wildman–Crippen LogP) is 3.12. The Morgan fingerprint density at radius 2 is 2.23 bits per heavy atom. The van der Waals surface area contributed by atoms with Gasteiger partial charge in [0.2, 0.25) is 11.4 Å². The summed E-state index contributed by atoms with van der Waals surface area (Å²) in [7, 11) is 0. The van der Waals surface area contributed by atoms with E-state index in [4.69, 9.17) is 16.3 Å². The number of aliphatic hydroxyl groups is 1. The van der Waals surface area contributed by atoms with Crippen molar-refractivity contribution in [3.8, 4) is 5.75 Å². The third kappa shape index (κ3) is 5.13. The lowest BCUT2D eigenvalue weighted by Gasteiger charge is -2.28. The van der Waals surface area contributed by atoms with Crippen molar-refractivity contribution in [2.24, 2.45) is 5.28 Å². The molecule has 0 amide bonds. The topological polar surface area (TPSA) is 107 Å². The Bertz CT molecular complexity index is 908. The molecule has 31 heavy (non-hydrogen) atoms. The quantitative estimate of drug-likeness (QED) is 0.172. The van der Waals surface area contributed by atoms with Gasteiger partial charge in [-0.05, 0) is 43.5 Å². The zero-order valence-corrected chi connectivity index (χ0v) is 17.0. The SMILES string of the molecule is Cc1cc(Cl)cc2c1O[C@H](C(F)(F)F)C(C(=O)OCO/N=[N+](\[O-])N1CCC[C@H]1CO)=C2. The summed E-state index contributed by atoms with van der Waals surface area (Å²) in [5.41, 5.74) is -0.233. The molecular formula is C18H19ClF3N3O6. The van der Waals surface area contributed by atoms with E-state index in [1.165, 1.54) is 24.1 Å². The molecule has 2 aliphatic rings. The Labute approximate surface area is 179 Å². The van der Waals surface area contributed by atoms with Crippen LogP contribution in [0.25, 0.3) is 6.08 Å². The molecule has 1 N–H and O–H groups in total. The molecule has 9 nitrogen and oxygen atoms in total. The van der Waals surface area contributed by atoms with E-state index in [0.717, 1.165) is 6.08 Å². The van der Waals surface area contributed by atoms with Gasteiger partial charge in [-0.15, -0.1) is 5.01 Å². The van der Waals surface area contributed by atoms with Gasteiger partial charge >= 0.3 is 12.1 Å². The lowest BCUT2D eigenvalue weighted by atomic mass is 9.99. The maximum Gasteiger partial charge on any atom is 0.430 e. The van der Waals surface area contributed by atoms with Crippen LogP contribution in [0.15, 0.2) is 23.0 Å². The molecule has 0 bridgehead atoms. The predicted molar refractivity (Wildman–Crippen MR) is 99.6 cm³/mol. The molecule has 0 radical (unpaired) electrons. The first-order valence-corrected chi connectivity index (χ1v) is 9.59. The Kier molecular flexibility index (Phi) is 6.80. The van der Waals surface area contributed by atoms with Crippen LogP contribution >= 0.6 is 11.6 Å². The van der Waals surface area contributed by atoms with Gasteiger partial charge < -0.3 is 24.6 Å². The number of aryl methyl sites for hydroxylation is 1. The minimum atomic E-state index is -4.89. The van der Waals surface area contributed by atoms with Crippen molar-refractivity contribution in [3.05, 3.63) is 39.1 Å². The van der Waals surface area contributed by atoms with E-state index in [2.05, 4.69) is 14.9 Å². The summed E-state index contributed by atoms with van der Waals surface area (Å²) in [6.07, 6.45) is -5.17. The Morgan fingerprint density at radius 1 is 1.48 bits per heavy atom. The number of hydrogen-bond donors (Lipinski definition) is 1. The van der Waals surface area contributed by atoms with Crippen LogP contribution in [0.5, 0.6) is 5.75 Å². The lowest BCUT2D eigenvalue weighted by molar-refractivity contribution is -0.715. The molecule has 1 aromatic rings. The average Bonchev–Trinajstić information content (AvgIpc) is 3.18. The number of ether oxygens (including phenoxy) is 2. The molecule has 0 saturated carbocycles. The molecule has 3 rings (SSSR count). The number of carbonyl (C=O) groups excluding carboxylic acids is 1. The summed E-state index contributed by atoms with van der Waals surface area (Å²) in [5, 5.41) is 25.7. The molecule has 170 valence electrons. The number of rotatable bonds is 6. The number of hydrogen-bond acceptors (Lipinski definition) is 7.